The molecular weight excluding hydrogens is 228 g/mol. The van der Waals surface area contributed by atoms with Crippen molar-refractivity contribution < 1.29 is 20.1 Å². The third-order valence-corrected chi connectivity index (χ3v) is 3.69. The second kappa shape index (κ2) is 5.05. The number of para-hydroxylation sites is 1. The van der Waals surface area contributed by atoms with Crippen molar-refractivity contribution in [3.05, 3.63) is 30.3 Å². The number of hydrogen-bond donors (Lipinski definition) is 3. The highest BCUT2D eigenvalue weighted by atomic mass is 32.2. The Balaban J connectivity index is 2.00. The van der Waals surface area contributed by atoms with Gasteiger partial charge in [-0.2, -0.15) is 0 Å². The molecule has 0 aliphatic carbocycles. The highest BCUT2D eigenvalue weighted by Crippen LogP contribution is 2.28. The van der Waals surface area contributed by atoms with Crippen molar-refractivity contribution in [2.45, 2.75) is 23.7 Å². The van der Waals surface area contributed by atoms with Gasteiger partial charge >= 0.3 is 0 Å². The lowest BCUT2D eigenvalue weighted by Crippen LogP contribution is -2.50. The van der Waals surface area contributed by atoms with Crippen LogP contribution in [0.5, 0.6) is 5.75 Å². The van der Waals surface area contributed by atoms with E-state index >= 15 is 0 Å². The smallest absolute Gasteiger partial charge is 0.173 e. The quantitative estimate of drug-likeness (QED) is 0.692. The van der Waals surface area contributed by atoms with Gasteiger partial charge in [0.25, 0.3) is 0 Å². The zero-order valence-electron chi connectivity index (χ0n) is 8.56. The van der Waals surface area contributed by atoms with E-state index in [2.05, 4.69) is 0 Å². The minimum atomic E-state index is -1.14. The molecule has 0 amide bonds. The monoisotopic (exact) mass is 242 g/mol. The van der Waals surface area contributed by atoms with Crippen LogP contribution in [0.15, 0.2) is 30.3 Å². The highest BCUT2D eigenvalue weighted by Gasteiger charge is 2.38. The standard InChI is InChI=1S/C11H14O4S/c12-8-6-16-11(10(14)9(8)13)15-7-4-2-1-3-5-7/h1-5,8-14H,6H2/t8-,9+,10-,11-/m1/s1. The fraction of sp³-hybridized carbons (Fsp3) is 0.455. The Labute approximate surface area is 97.9 Å². The Morgan fingerprint density at radius 3 is 2.44 bits per heavy atom. The fourth-order valence-corrected chi connectivity index (χ4v) is 2.64. The van der Waals surface area contributed by atoms with Crippen LogP contribution in [0.2, 0.25) is 0 Å². The van der Waals surface area contributed by atoms with Crippen LogP contribution < -0.4 is 4.74 Å². The van der Waals surface area contributed by atoms with Crippen molar-refractivity contribution in [1.29, 1.82) is 0 Å². The molecule has 4 nitrogen and oxygen atoms in total. The maximum Gasteiger partial charge on any atom is 0.173 e. The SMILES string of the molecule is O[C@@H]1[C@@H](O)[C@H](Oc2ccccc2)SC[C@H]1O. The lowest BCUT2D eigenvalue weighted by molar-refractivity contribution is -0.0786. The van der Waals surface area contributed by atoms with Gasteiger partial charge in [0.15, 0.2) is 5.44 Å². The van der Waals surface area contributed by atoms with E-state index < -0.39 is 23.7 Å². The van der Waals surface area contributed by atoms with Crippen LogP contribution in [0.25, 0.3) is 0 Å². The first-order valence-corrected chi connectivity index (χ1v) is 6.11. The lowest BCUT2D eigenvalue weighted by atomic mass is 10.1. The molecule has 2 rings (SSSR count). The summed E-state index contributed by atoms with van der Waals surface area (Å²) in [5.74, 6) is 0.998. The predicted octanol–water partition coefficient (Wildman–Crippen LogP) is 0.221. The molecule has 5 heteroatoms. The second-order valence-corrected chi connectivity index (χ2v) is 4.81. The molecule has 0 aromatic heterocycles. The van der Waals surface area contributed by atoms with E-state index in [4.69, 9.17) is 4.74 Å². The molecular formula is C11H14O4S. The summed E-state index contributed by atoms with van der Waals surface area (Å²) in [5, 5.41) is 28.6. The van der Waals surface area contributed by atoms with Gasteiger partial charge in [-0.15, -0.1) is 11.8 Å². The topological polar surface area (TPSA) is 69.9 Å². The summed E-state index contributed by atoms with van der Waals surface area (Å²) < 4.78 is 5.53. The van der Waals surface area contributed by atoms with Crippen molar-refractivity contribution in [3.63, 3.8) is 0 Å². The van der Waals surface area contributed by atoms with E-state index in [1.54, 1.807) is 12.1 Å². The Morgan fingerprint density at radius 1 is 1.06 bits per heavy atom. The molecule has 1 fully saturated rings. The molecule has 1 aliphatic heterocycles. The first kappa shape index (κ1) is 11.7. The van der Waals surface area contributed by atoms with Gasteiger partial charge in [0.2, 0.25) is 0 Å². The summed E-state index contributed by atoms with van der Waals surface area (Å²) in [6, 6.07) is 9.10. The van der Waals surface area contributed by atoms with Crippen LogP contribution in [0, 0.1) is 0 Å². The van der Waals surface area contributed by atoms with E-state index in [0.717, 1.165) is 0 Å². The van der Waals surface area contributed by atoms with Crippen LogP contribution in [0.4, 0.5) is 0 Å². The molecule has 0 unspecified atom stereocenters. The molecule has 88 valence electrons. The lowest BCUT2D eigenvalue weighted by Gasteiger charge is -2.34. The average Bonchev–Trinajstić information content (AvgIpc) is 2.31. The maximum atomic E-state index is 9.71. The van der Waals surface area contributed by atoms with Gasteiger partial charge in [0.1, 0.15) is 18.0 Å². The largest absolute Gasteiger partial charge is 0.477 e. The number of rotatable bonds is 2. The molecule has 1 heterocycles. The number of hydrogen-bond acceptors (Lipinski definition) is 5. The molecule has 16 heavy (non-hydrogen) atoms. The Kier molecular flexibility index (Phi) is 3.70. The van der Waals surface area contributed by atoms with Gasteiger partial charge in [-0.1, -0.05) is 18.2 Å². The van der Waals surface area contributed by atoms with Crippen molar-refractivity contribution in [3.8, 4) is 5.75 Å². The van der Waals surface area contributed by atoms with E-state index in [1.807, 2.05) is 18.2 Å². The van der Waals surface area contributed by atoms with Crippen LogP contribution in [0.1, 0.15) is 0 Å². The van der Waals surface area contributed by atoms with E-state index in [-0.39, 0.29) is 0 Å². The number of aliphatic hydroxyl groups excluding tert-OH is 3. The van der Waals surface area contributed by atoms with Gasteiger partial charge in [0.05, 0.1) is 6.10 Å². The summed E-state index contributed by atoms with van der Waals surface area (Å²) >= 11 is 1.30. The van der Waals surface area contributed by atoms with E-state index in [0.29, 0.717) is 11.5 Å². The number of thioether (sulfide) groups is 1. The summed E-state index contributed by atoms with van der Waals surface area (Å²) in [5.41, 5.74) is -0.541. The fourth-order valence-electron chi connectivity index (χ4n) is 1.52. The summed E-state index contributed by atoms with van der Waals surface area (Å²) in [7, 11) is 0. The van der Waals surface area contributed by atoms with Gasteiger partial charge in [0, 0.05) is 5.75 Å². The van der Waals surface area contributed by atoms with Crippen LogP contribution in [0.3, 0.4) is 0 Å². The number of benzene rings is 1. The summed E-state index contributed by atoms with van der Waals surface area (Å²) in [6.45, 7) is 0. The minimum Gasteiger partial charge on any atom is -0.477 e. The third kappa shape index (κ3) is 2.49. The van der Waals surface area contributed by atoms with Gasteiger partial charge in [-0.25, -0.2) is 0 Å². The highest BCUT2D eigenvalue weighted by molar-refractivity contribution is 7.99. The Morgan fingerprint density at radius 2 is 1.75 bits per heavy atom. The Bertz CT molecular complexity index is 332. The first-order chi connectivity index (χ1) is 7.68. The van der Waals surface area contributed by atoms with Gasteiger partial charge in [-0.05, 0) is 12.1 Å². The minimum absolute atomic E-state index is 0.357. The maximum absolute atomic E-state index is 9.71. The molecule has 1 aliphatic rings. The molecule has 0 spiro atoms. The van der Waals surface area contributed by atoms with Crippen molar-refractivity contribution >= 4 is 11.8 Å². The molecule has 0 bridgehead atoms. The Hall–Kier alpha value is -0.750. The van der Waals surface area contributed by atoms with E-state index in [1.165, 1.54) is 11.8 Å². The van der Waals surface area contributed by atoms with Crippen LogP contribution >= 0.6 is 11.8 Å². The number of aliphatic hydroxyl groups is 3. The van der Waals surface area contributed by atoms with Gasteiger partial charge in [-0.3, -0.25) is 0 Å². The first-order valence-electron chi connectivity index (χ1n) is 5.06. The molecule has 0 saturated carbocycles. The average molecular weight is 242 g/mol. The van der Waals surface area contributed by atoms with Crippen LogP contribution in [-0.2, 0) is 0 Å². The predicted molar refractivity (Wildman–Crippen MR) is 61.3 cm³/mol. The van der Waals surface area contributed by atoms with Crippen molar-refractivity contribution in [2.24, 2.45) is 0 Å². The molecule has 4 atom stereocenters. The van der Waals surface area contributed by atoms with Crippen molar-refractivity contribution in [1.82, 2.24) is 0 Å². The molecule has 1 saturated heterocycles. The third-order valence-electron chi connectivity index (χ3n) is 2.45. The summed E-state index contributed by atoms with van der Waals surface area (Å²) in [4.78, 5) is 0. The molecule has 1 aromatic rings. The zero-order valence-corrected chi connectivity index (χ0v) is 9.38. The van der Waals surface area contributed by atoms with E-state index in [9.17, 15) is 15.3 Å². The summed E-state index contributed by atoms with van der Waals surface area (Å²) in [6.07, 6.45) is -3.11. The zero-order chi connectivity index (χ0) is 11.5. The second-order valence-electron chi connectivity index (χ2n) is 3.68. The van der Waals surface area contributed by atoms with Gasteiger partial charge < -0.3 is 20.1 Å². The normalized spacial score (nSPS) is 34.7. The van der Waals surface area contributed by atoms with Crippen molar-refractivity contribution in [2.75, 3.05) is 5.75 Å². The molecule has 0 radical (unpaired) electrons. The molecule has 3 N–H and O–H groups in total. The molecule has 1 aromatic carbocycles. The van der Waals surface area contributed by atoms with Crippen LogP contribution in [-0.4, -0.2) is 44.8 Å². The number of ether oxygens (including phenoxy) is 1.